The molecule has 0 saturated heterocycles. The van der Waals surface area contributed by atoms with E-state index in [2.05, 4.69) is 17.4 Å². The van der Waals surface area contributed by atoms with Crippen LogP contribution in [0.1, 0.15) is 27.4 Å². The number of nitrogens with one attached hydrogen (secondary N) is 1. The molecule has 1 unspecified atom stereocenters. The van der Waals surface area contributed by atoms with Crippen molar-refractivity contribution in [3.8, 4) is 11.5 Å². The van der Waals surface area contributed by atoms with Gasteiger partial charge in [-0.15, -0.1) is 0 Å². The van der Waals surface area contributed by atoms with Crippen molar-refractivity contribution in [3.05, 3.63) is 59.2 Å². The van der Waals surface area contributed by atoms with E-state index in [1.54, 1.807) is 0 Å². The van der Waals surface area contributed by atoms with Crippen LogP contribution in [0, 0.1) is 0 Å². The lowest BCUT2D eigenvalue weighted by Crippen LogP contribution is -2.33. The van der Waals surface area contributed by atoms with Gasteiger partial charge in [0.25, 0.3) is 5.91 Å². The van der Waals surface area contributed by atoms with E-state index in [4.69, 9.17) is 0 Å². The van der Waals surface area contributed by atoms with Crippen molar-refractivity contribution in [1.82, 2.24) is 5.32 Å². The molecule has 1 aliphatic rings. The summed E-state index contributed by atoms with van der Waals surface area (Å²) in [6, 6.07) is 12.1. The highest BCUT2D eigenvalue weighted by Crippen LogP contribution is 2.34. The average Bonchev–Trinajstić information content (AvgIpc) is 2.38. The highest BCUT2D eigenvalue weighted by molar-refractivity contribution is 5.95. The molecule has 4 heteroatoms. The third-order valence-electron chi connectivity index (χ3n) is 3.63. The fourth-order valence-electron chi connectivity index (χ4n) is 2.59. The molecule has 0 heterocycles. The van der Waals surface area contributed by atoms with E-state index in [0.29, 0.717) is 12.5 Å². The Hall–Kier alpha value is -2.49. The molecule has 0 aliphatic heterocycles. The van der Waals surface area contributed by atoms with E-state index < -0.39 is 0 Å². The number of carbonyl (C=O) groups excluding carboxylic acids is 1. The van der Waals surface area contributed by atoms with Crippen molar-refractivity contribution in [1.29, 1.82) is 0 Å². The van der Waals surface area contributed by atoms with Crippen LogP contribution < -0.4 is 5.32 Å². The molecule has 0 fully saturated rings. The normalized spacial score (nSPS) is 16.1. The zero-order valence-electron chi connectivity index (χ0n) is 10.8. The van der Waals surface area contributed by atoms with Gasteiger partial charge in [0.15, 0.2) is 0 Å². The number of rotatable bonds is 3. The summed E-state index contributed by atoms with van der Waals surface area (Å²) in [5, 5.41) is 21.6. The molecule has 3 N–H and O–H groups in total. The van der Waals surface area contributed by atoms with Crippen LogP contribution in [0.5, 0.6) is 11.5 Å². The molecule has 1 aliphatic carbocycles. The Balaban J connectivity index is 1.64. The SMILES string of the molecule is O=C(NCC1Cc2ccccc21)c1cc(O)cc(O)c1. The van der Waals surface area contributed by atoms with Gasteiger partial charge < -0.3 is 15.5 Å². The second-order valence-corrected chi connectivity index (χ2v) is 5.05. The van der Waals surface area contributed by atoms with E-state index in [1.807, 2.05) is 12.1 Å². The fraction of sp³-hybridized carbons (Fsp3) is 0.188. The molecule has 2 aromatic rings. The molecular weight excluding hydrogens is 254 g/mol. The maximum absolute atomic E-state index is 12.0. The minimum atomic E-state index is -0.291. The lowest BCUT2D eigenvalue weighted by Gasteiger charge is -2.30. The van der Waals surface area contributed by atoms with E-state index >= 15 is 0 Å². The molecule has 2 aromatic carbocycles. The molecule has 102 valence electrons. The van der Waals surface area contributed by atoms with Gasteiger partial charge in [0.2, 0.25) is 0 Å². The smallest absolute Gasteiger partial charge is 0.251 e. The van der Waals surface area contributed by atoms with Gasteiger partial charge in [-0.1, -0.05) is 24.3 Å². The quantitative estimate of drug-likeness (QED) is 0.799. The van der Waals surface area contributed by atoms with Crippen LogP contribution in [0.15, 0.2) is 42.5 Å². The molecule has 1 amide bonds. The molecule has 0 saturated carbocycles. The van der Waals surface area contributed by atoms with Crippen LogP contribution in [0.2, 0.25) is 0 Å². The third kappa shape index (κ3) is 2.32. The average molecular weight is 269 g/mol. The molecule has 0 aromatic heterocycles. The molecule has 0 spiro atoms. The summed E-state index contributed by atoms with van der Waals surface area (Å²) < 4.78 is 0. The number of hydrogen-bond donors (Lipinski definition) is 3. The first-order valence-corrected chi connectivity index (χ1v) is 6.52. The minimum Gasteiger partial charge on any atom is -0.508 e. The van der Waals surface area contributed by atoms with Gasteiger partial charge in [0, 0.05) is 24.1 Å². The Morgan fingerprint density at radius 2 is 1.85 bits per heavy atom. The number of carbonyl (C=O) groups is 1. The molecule has 4 nitrogen and oxygen atoms in total. The Morgan fingerprint density at radius 3 is 2.55 bits per heavy atom. The third-order valence-corrected chi connectivity index (χ3v) is 3.63. The van der Waals surface area contributed by atoms with Crippen LogP contribution in [-0.2, 0) is 6.42 Å². The molecule has 0 bridgehead atoms. The monoisotopic (exact) mass is 269 g/mol. The first kappa shape index (κ1) is 12.5. The summed E-state index contributed by atoms with van der Waals surface area (Å²) in [5.74, 6) is -0.185. The first-order valence-electron chi connectivity index (χ1n) is 6.52. The summed E-state index contributed by atoms with van der Waals surface area (Å²) in [6.45, 7) is 0.562. The predicted octanol–water partition coefficient (Wildman–Crippen LogP) is 2.17. The number of phenolic OH excluding ortho intramolecular Hbond substituents is 2. The van der Waals surface area contributed by atoms with Gasteiger partial charge in [-0.25, -0.2) is 0 Å². The number of hydrogen-bond acceptors (Lipinski definition) is 3. The second-order valence-electron chi connectivity index (χ2n) is 5.05. The number of fused-ring (bicyclic) bond motifs is 1. The Bertz CT molecular complexity index is 646. The molecule has 0 radical (unpaired) electrons. The Kier molecular flexibility index (Phi) is 3.06. The molecular formula is C16H15NO3. The Morgan fingerprint density at radius 1 is 1.15 bits per heavy atom. The maximum atomic E-state index is 12.0. The zero-order chi connectivity index (χ0) is 14.1. The lowest BCUT2D eigenvalue weighted by atomic mass is 9.77. The molecule has 20 heavy (non-hydrogen) atoms. The number of phenols is 2. The summed E-state index contributed by atoms with van der Waals surface area (Å²) in [6.07, 6.45) is 0.974. The van der Waals surface area contributed by atoms with E-state index in [1.165, 1.54) is 29.3 Å². The number of aromatic hydroxyl groups is 2. The van der Waals surface area contributed by atoms with Gasteiger partial charge in [-0.3, -0.25) is 4.79 Å². The van der Waals surface area contributed by atoms with Crippen molar-refractivity contribution < 1.29 is 15.0 Å². The maximum Gasteiger partial charge on any atom is 0.251 e. The number of amides is 1. The van der Waals surface area contributed by atoms with Crippen molar-refractivity contribution in [2.45, 2.75) is 12.3 Å². The summed E-state index contributed by atoms with van der Waals surface area (Å²) >= 11 is 0. The summed E-state index contributed by atoms with van der Waals surface area (Å²) in [4.78, 5) is 12.0. The standard InChI is InChI=1S/C16H15NO3/c18-13-6-11(7-14(19)8-13)16(20)17-9-12-5-10-3-1-2-4-15(10)12/h1-4,6-8,12,18-19H,5,9H2,(H,17,20). The Labute approximate surface area is 116 Å². The molecule has 1 atom stereocenters. The van der Waals surface area contributed by atoms with Crippen LogP contribution in [0.4, 0.5) is 0 Å². The van der Waals surface area contributed by atoms with Crippen molar-refractivity contribution in [2.75, 3.05) is 6.54 Å². The lowest BCUT2D eigenvalue weighted by molar-refractivity contribution is 0.0949. The number of benzene rings is 2. The van der Waals surface area contributed by atoms with Crippen LogP contribution in [0.3, 0.4) is 0 Å². The van der Waals surface area contributed by atoms with Crippen molar-refractivity contribution in [3.63, 3.8) is 0 Å². The molecule has 3 rings (SSSR count). The van der Waals surface area contributed by atoms with Gasteiger partial charge in [-0.2, -0.15) is 0 Å². The highest BCUT2D eigenvalue weighted by Gasteiger charge is 2.25. The van der Waals surface area contributed by atoms with Gasteiger partial charge >= 0.3 is 0 Å². The van der Waals surface area contributed by atoms with E-state index in [9.17, 15) is 15.0 Å². The van der Waals surface area contributed by atoms with Crippen LogP contribution in [0.25, 0.3) is 0 Å². The van der Waals surface area contributed by atoms with E-state index in [-0.39, 0.29) is 23.0 Å². The largest absolute Gasteiger partial charge is 0.508 e. The summed E-state index contributed by atoms with van der Waals surface area (Å²) in [7, 11) is 0. The second kappa shape index (κ2) is 4.89. The predicted molar refractivity (Wildman–Crippen MR) is 75.0 cm³/mol. The van der Waals surface area contributed by atoms with Crippen molar-refractivity contribution >= 4 is 5.91 Å². The van der Waals surface area contributed by atoms with Gasteiger partial charge in [0.05, 0.1) is 0 Å². The zero-order valence-corrected chi connectivity index (χ0v) is 10.8. The first-order chi connectivity index (χ1) is 9.63. The van der Waals surface area contributed by atoms with E-state index in [0.717, 1.165) is 6.42 Å². The van der Waals surface area contributed by atoms with Gasteiger partial charge in [-0.05, 0) is 29.7 Å². The summed E-state index contributed by atoms with van der Waals surface area (Å²) in [5.41, 5.74) is 2.88. The van der Waals surface area contributed by atoms with Crippen molar-refractivity contribution in [2.24, 2.45) is 0 Å². The minimum absolute atomic E-state index is 0.121. The highest BCUT2D eigenvalue weighted by atomic mass is 16.3. The topological polar surface area (TPSA) is 69.6 Å². The fourth-order valence-corrected chi connectivity index (χ4v) is 2.59. The van der Waals surface area contributed by atoms with Crippen LogP contribution in [-0.4, -0.2) is 22.7 Å². The van der Waals surface area contributed by atoms with Crippen LogP contribution >= 0.6 is 0 Å². The van der Waals surface area contributed by atoms with Gasteiger partial charge in [0.1, 0.15) is 11.5 Å².